The van der Waals surface area contributed by atoms with Crippen LogP contribution in [0.5, 0.6) is 0 Å². The Hall–Kier alpha value is -2.91. The minimum atomic E-state index is -0.215. The van der Waals surface area contributed by atoms with Gasteiger partial charge in [0.2, 0.25) is 0 Å². The second-order valence-corrected chi connectivity index (χ2v) is 9.03. The molecule has 0 radical (unpaired) electrons. The van der Waals surface area contributed by atoms with Crippen LogP contribution in [0.15, 0.2) is 89.2 Å². The first kappa shape index (κ1) is 21.0. The second kappa shape index (κ2) is 9.30. The van der Waals surface area contributed by atoms with Crippen LogP contribution in [0.2, 0.25) is 0 Å². The van der Waals surface area contributed by atoms with Crippen molar-refractivity contribution in [1.29, 1.82) is 0 Å². The Morgan fingerprint density at radius 3 is 2.72 bits per heavy atom. The fourth-order valence-corrected chi connectivity index (χ4v) is 5.15. The number of hydrogen-bond donors (Lipinski definition) is 0. The third kappa shape index (κ3) is 4.10. The van der Waals surface area contributed by atoms with Gasteiger partial charge in [-0.15, -0.1) is 0 Å². The molecule has 0 saturated carbocycles. The van der Waals surface area contributed by atoms with Crippen LogP contribution in [0.25, 0.3) is 17.7 Å². The first-order chi connectivity index (χ1) is 15.7. The molecule has 2 aromatic carbocycles. The molecule has 160 valence electrons. The molecule has 2 aromatic rings. The maximum Gasteiger partial charge on any atom is 0.137 e. The summed E-state index contributed by atoms with van der Waals surface area (Å²) in [4.78, 5) is 0. The Kier molecular flexibility index (Phi) is 6.09. The monoisotopic (exact) mass is 486 g/mol. The summed E-state index contributed by atoms with van der Waals surface area (Å²) in [5.74, 6) is -0.0518. The molecule has 3 heteroatoms. The SMILES string of the molecule is C1=CCOC=C1.Fc1ccc(C2C=CC=C3CC=c4c5c(ccc4=C32)C=CCC5)cc1Br. The molecule has 4 aliphatic rings. The summed E-state index contributed by atoms with van der Waals surface area (Å²) in [6.07, 6.45) is 24.1. The minimum Gasteiger partial charge on any atom is -0.497 e. The van der Waals surface area contributed by atoms with Crippen molar-refractivity contribution in [1.82, 2.24) is 0 Å². The van der Waals surface area contributed by atoms with Crippen LogP contribution in [0, 0.1) is 5.82 Å². The summed E-state index contributed by atoms with van der Waals surface area (Å²) < 4.78 is 19.1. The van der Waals surface area contributed by atoms with E-state index in [1.165, 1.54) is 32.7 Å². The van der Waals surface area contributed by atoms with Gasteiger partial charge in [-0.05, 0) is 97.8 Å². The molecule has 32 heavy (non-hydrogen) atoms. The van der Waals surface area contributed by atoms with Gasteiger partial charge < -0.3 is 4.74 Å². The predicted octanol–water partition coefficient (Wildman–Crippen LogP) is 6.25. The van der Waals surface area contributed by atoms with E-state index in [0.717, 1.165) is 31.4 Å². The van der Waals surface area contributed by atoms with E-state index >= 15 is 0 Å². The molecule has 1 nitrogen and oxygen atoms in total. The first-order valence-electron chi connectivity index (χ1n) is 11.0. The topological polar surface area (TPSA) is 9.23 Å². The molecule has 1 atom stereocenters. The Morgan fingerprint density at radius 1 is 1.03 bits per heavy atom. The number of hydrogen-bond acceptors (Lipinski definition) is 1. The van der Waals surface area contributed by atoms with Crippen LogP contribution >= 0.6 is 15.9 Å². The number of ether oxygens (including phenoxy) is 1. The van der Waals surface area contributed by atoms with E-state index in [4.69, 9.17) is 4.74 Å². The van der Waals surface area contributed by atoms with Crippen LogP contribution in [-0.2, 0) is 11.2 Å². The highest BCUT2D eigenvalue weighted by Gasteiger charge is 2.24. The van der Waals surface area contributed by atoms with Crippen LogP contribution in [0.4, 0.5) is 4.39 Å². The maximum absolute atomic E-state index is 13.7. The second-order valence-electron chi connectivity index (χ2n) is 8.18. The maximum atomic E-state index is 13.7. The van der Waals surface area contributed by atoms with Crippen LogP contribution < -0.4 is 10.4 Å². The average molecular weight is 487 g/mol. The molecule has 0 spiro atoms. The molecule has 3 aliphatic carbocycles. The quantitative estimate of drug-likeness (QED) is 0.462. The van der Waals surface area contributed by atoms with Crippen LogP contribution in [-0.4, -0.2) is 6.61 Å². The smallest absolute Gasteiger partial charge is 0.137 e. The van der Waals surface area contributed by atoms with Crippen molar-refractivity contribution in [2.75, 3.05) is 6.61 Å². The van der Waals surface area contributed by atoms with Crippen molar-refractivity contribution in [3.63, 3.8) is 0 Å². The Morgan fingerprint density at radius 2 is 1.97 bits per heavy atom. The summed E-state index contributed by atoms with van der Waals surface area (Å²) in [5, 5.41) is 2.74. The molecule has 1 aliphatic heterocycles. The summed E-state index contributed by atoms with van der Waals surface area (Å²) >= 11 is 3.34. The lowest BCUT2D eigenvalue weighted by Gasteiger charge is -2.27. The highest BCUT2D eigenvalue weighted by Crippen LogP contribution is 2.38. The molecule has 0 saturated heterocycles. The Bertz CT molecular complexity index is 1310. The van der Waals surface area contributed by atoms with Crippen LogP contribution in [0.3, 0.4) is 0 Å². The summed E-state index contributed by atoms with van der Waals surface area (Å²) in [5.41, 5.74) is 6.70. The van der Waals surface area contributed by atoms with Crippen molar-refractivity contribution in [3.8, 4) is 0 Å². The predicted molar refractivity (Wildman–Crippen MR) is 134 cm³/mol. The van der Waals surface area contributed by atoms with Gasteiger partial charge in [0.05, 0.1) is 10.7 Å². The van der Waals surface area contributed by atoms with E-state index in [-0.39, 0.29) is 11.7 Å². The number of benzene rings is 2. The summed E-state index contributed by atoms with van der Waals surface area (Å²) in [6.45, 7) is 0.733. The van der Waals surface area contributed by atoms with Crippen molar-refractivity contribution in [3.05, 3.63) is 122 Å². The normalized spacial score (nSPS) is 19.5. The van der Waals surface area contributed by atoms with Gasteiger partial charge in [-0.2, -0.15) is 0 Å². The summed E-state index contributed by atoms with van der Waals surface area (Å²) in [6, 6.07) is 9.90. The first-order valence-corrected chi connectivity index (χ1v) is 11.8. The lowest BCUT2D eigenvalue weighted by molar-refractivity contribution is 0.286. The third-order valence-corrected chi connectivity index (χ3v) is 6.85. The Labute approximate surface area is 196 Å². The van der Waals surface area contributed by atoms with Crippen molar-refractivity contribution >= 4 is 33.7 Å². The lowest BCUT2D eigenvalue weighted by atomic mass is 9.77. The Balaban J connectivity index is 0.000000314. The zero-order valence-electron chi connectivity index (χ0n) is 17.7. The van der Waals surface area contributed by atoms with Crippen molar-refractivity contribution < 1.29 is 9.13 Å². The molecule has 6 rings (SSSR count). The fourth-order valence-electron chi connectivity index (χ4n) is 4.75. The molecular formula is C29H24BrFO. The number of rotatable bonds is 1. The standard InChI is InChI=1S/C24H18BrF.C5H6O/c25-22-14-17(10-13-23(22)26)19-7-3-5-16-9-11-20-18-6-2-1-4-15(18)8-12-21(20)24(16)19;1-2-4-6-5-3-1/h1,3-5,7-8,10-14,19H,2,6,9H2;1-4H,5H2. The van der Waals surface area contributed by atoms with E-state index in [9.17, 15) is 4.39 Å². The zero-order chi connectivity index (χ0) is 21.9. The molecule has 0 aromatic heterocycles. The van der Waals surface area contributed by atoms with Gasteiger partial charge in [-0.3, -0.25) is 0 Å². The molecule has 1 unspecified atom stereocenters. The van der Waals surface area contributed by atoms with Gasteiger partial charge in [0, 0.05) is 5.92 Å². The van der Waals surface area contributed by atoms with E-state index in [0.29, 0.717) is 4.47 Å². The van der Waals surface area contributed by atoms with E-state index in [1.54, 1.807) is 12.3 Å². The van der Waals surface area contributed by atoms with E-state index < -0.39 is 0 Å². The number of fused-ring (bicyclic) bond motifs is 4. The molecule has 1 heterocycles. The van der Waals surface area contributed by atoms with Gasteiger partial charge in [0.15, 0.2) is 0 Å². The zero-order valence-corrected chi connectivity index (χ0v) is 19.3. The molecule has 0 amide bonds. The molecule has 0 fully saturated rings. The molecule has 0 bridgehead atoms. The van der Waals surface area contributed by atoms with E-state index in [2.05, 4.69) is 64.5 Å². The minimum absolute atomic E-state index is 0.163. The van der Waals surface area contributed by atoms with Gasteiger partial charge in [-0.1, -0.05) is 60.7 Å². The van der Waals surface area contributed by atoms with Gasteiger partial charge in [-0.25, -0.2) is 4.39 Å². The highest BCUT2D eigenvalue weighted by atomic mass is 79.9. The third-order valence-electron chi connectivity index (χ3n) is 6.24. The molecular weight excluding hydrogens is 463 g/mol. The molecule has 0 N–H and O–H groups in total. The van der Waals surface area contributed by atoms with Gasteiger partial charge in [0.1, 0.15) is 12.4 Å². The average Bonchev–Trinajstić information content (AvgIpc) is 2.86. The van der Waals surface area contributed by atoms with Crippen LogP contribution in [0.1, 0.15) is 35.4 Å². The number of halogens is 2. The van der Waals surface area contributed by atoms with E-state index in [1.807, 2.05) is 30.4 Å². The largest absolute Gasteiger partial charge is 0.497 e. The summed E-state index contributed by atoms with van der Waals surface area (Å²) in [7, 11) is 0. The highest BCUT2D eigenvalue weighted by molar-refractivity contribution is 9.10. The fraction of sp³-hybridized carbons (Fsp3) is 0.172. The number of allylic oxidation sites excluding steroid dienone is 7. The van der Waals surface area contributed by atoms with Gasteiger partial charge in [0.25, 0.3) is 0 Å². The van der Waals surface area contributed by atoms with Gasteiger partial charge >= 0.3 is 0 Å². The van der Waals surface area contributed by atoms with Crippen molar-refractivity contribution in [2.45, 2.75) is 25.2 Å². The van der Waals surface area contributed by atoms with Crippen molar-refractivity contribution in [2.24, 2.45) is 0 Å². The lowest BCUT2D eigenvalue weighted by Crippen LogP contribution is -2.36.